The lowest BCUT2D eigenvalue weighted by atomic mass is 9.58. The number of halogens is 1. The van der Waals surface area contributed by atoms with Gasteiger partial charge in [0.1, 0.15) is 17.5 Å². The number of piperidine rings is 3. The van der Waals surface area contributed by atoms with E-state index in [4.69, 9.17) is 5.73 Å². The van der Waals surface area contributed by atoms with Crippen molar-refractivity contribution in [2.75, 3.05) is 16.8 Å². The van der Waals surface area contributed by atoms with E-state index in [1.54, 1.807) is 29.7 Å². The summed E-state index contributed by atoms with van der Waals surface area (Å²) in [4.78, 5) is 48.6. The van der Waals surface area contributed by atoms with Gasteiger partial charge in [0.05, 0.1) is 50.7 Å². The molecule has 10 nitrogen and oxygen atoms in total. The fourth-order valence-corrected chi connectivity index (χ4v) is 8.99. The summed E-state index contributed by atoms with van der Waals surface area (Å²) in [5.41, 5.74) is 8.03. The molecule has 40 heavy (non-hydrogen) atoms. The number of amides is 2. The lowest BCUT2D eigenvalue weighted by Crippen LogP contribution is -2.71. The summed E-state index contributed by atoms with van der Waals surface area (Å²) in [7, 11) is 0. The summed E-state index contributed by atoms with van der Waals surface area (Å²) in [5, 5.41) is 6.95. The monoisotopic (exact) mass is 574 g/mol. The van der Waals surface area contributed by atoms with Gasteiger partial charge in [-0.3, -0.25) is 9.59 Å². The fourth-order valence-electron chi connectivity index (χ4n) is 7.32. The van der Waals surface area contributed by atoms with Gasteiger partial charge >= 0.3 is 0 Å². The molecular formula is C27H23FN8O2S2. The molecule has 2 saturated carbocycles. The van der Waals surface area contributed by atoms with Crippen LogP contribution < -0.4 is 16.0 Å². The molecule has 0 aromatic carbocycles. The number of carbonyl (C=O) groups excluding carboxylic acids is 2. The molecule has 2 saturated heterocycles. The van der Waals surface area contributed by atoms with Crippen LogP contribution in [-0.2, 0) is 0 Å². The van der Waals surface area contributed by atoms with Crippen LogP contribution >= 0.6 is 22.7 Å². The number of rotatable bonds is 6. The first kappa shape index (κ1) is 23.9. The van der Waals surface area contributed by atoms with E-state index in [-0.39, 0.29) is 40.9 Å². The number of aryl methyl sites for hydroxylation is 2. The van der Waals surface area contributed by atoms with Gasteiger partial charge in [0.15, 0.2) is 5.13 Å². The van der Waals surface area contributed by atoms with Gasteiger partial charge in [-0.15, -0.1) is 22.7 Å². The number of nitrogens with zero attached hydrogens (tertiary/aromatic N) is 6. The Hall–Kier alpha value is -3.97. The third kappa shape index (κ3) is 3.12. The first-order chi connectivity index (χ1) is 19.3. The van der Waals surface area contributed by atoms with Gasteiger partial charge in [0, 0.05) is 29.6 Å². The second kappa shape index (κ2) is 8.04. The summed E-state index contributed by atoms with van der Waals surface area (Å²) >= 11 is 3.11. The number of hydrogen-bond acceptors (Lipinski definition) is 10. The van der Waals surface area contributed by atoms with Crippen molar-refractivity contribution >= 4 is 51.3 Å². The number of hydrogen-bond donors (Lipinski definition) is 2. The molecule has 2 unspecified atom stereocenters. The highest BCUT2D eigenvalue weighted by molar-refractivity contribution is 7.16. The van der Waals surface area contributed by atoms with Gasteiger partial charge in [-0.25, -0.2) is 24.3 Å². The van der Waals surface area contributed by atoms with Gasteiger partial charge in [0.2, 0.25) is 0 Å². The van der Waals surface area contributed by atoms with Gasteiger partial charge < -0.3 is 20.9 Å². The van der Waals surface area contributed by atoms with Crippen LogP contribution in [-0.4, -0.2) is 61.3 Å². The van der Waals surface area contributed by atoms with Crippen LogP contribution in [0.25, 0.3) is 10.6 Å². The maximum absolute atomic E-state index is 13.8. The van der Waals surface area contributed by atoms with Crippen LogP contribution in [0.4, 0.5) is 21.2 Å². The third-order valence-electron chi connectivity index (χ3n) is 8.76. The summed E-state index contributed by atoms with van der Waals surface area (Å²) in [6.07, 6.45) is 3.76. The Bertz CT molecular complexity index is 1740. The molecule has 13 heteroatoms. The summed E-state index contributed by atoms with van der Waals surface area (Å²) in [6.45, 7) is 4.63. The number of fused-ring (bicyclic) bond motifs is 1. The lowest BCUT2D eigenvalue weighted by molar-refractivity contribution is -0.0959. The highest BCUT2D eigenvalue weighted by Gasteiger charge is 2.91. The minimum atomic E-state index is -0.710. The van der Waals surface area contributed by atoms with Crippen LogP contribution in [0.15, 0.2) is 36.0 Å². The van der Waals surface area contributed by atoms with E-state index in [2.05, 4.69) is 30.2 Å². The molecule has 202 valence electrons. The van der Waals surface area contributed by atoms with E-state index in [0.29, 0.717) is 28.9 Å². The van der Waals surface area contributed by atoms with Crippen molar-refractivity contribution in [1.29, 1.82) is 0 Å². The lowest BCUT2D eigenvalue weighted by Gasteiger charge is -2.62. The smallest absolute Gasteiger partial charge is 0.256 e. The SMILES string of the molecule is Cc1nc(C)c(-c2csc(Nc3ccc(C(=O)N4C5[C@@H]6CN(c7ncc(F)cc7C(N)=O)C7[C@H]4[C@]75C6)cn3)n2)s1. The molecule has 2 amide bonds. The number of primary amides is 1. The zero-order valence-corrected chi connectivity index (χ0v) is 23.1. The largest absolute Gasteiger partial charge is 0.365 e. The van der Waals surface area contributed by atoms with Gasteiger partial charge in [0.25, 0.3) is 11.8 Å². The second-order valence-corrected chi connectivity index (χ2v) is 13.0. The number of likely N-dealkylation sites (tertiary alicyclic amines) is 1. The summed E-state index contributed by atoms with van der Waals surface area (Å²) in [6, 6.07) is 5.00. The molecule has 6 heterocycles. The Morgan fingerprint density at radius 1 is 1.15 bits per heavy atom. The number of anilines is 3. The zero-order valence-electron chi connectivity index (χ0n) is 21.5. The maximum Gasteiger partial charge on any atom is 0.256 e. The first-order valence-electron chi connectivity index (χ1n) is 12.9. The Labute approximate surface area is 236 Å². The standard InChI is InChI=1S/C27H23FN8O2S2/c1-11-19(40-12(2)32-11)17-10-39-26(33-17)34-18-4-3-13(7-30-18)25(38)36-20-14-6-27(20)21(22(27)36)35(9-14)24-16(23(29)37)5-15(28)8-31-24/h3-5,7-8,10,14,20-22H,6,9H2,1-2H3,(H2,29,37)(H,30,33,34)/t14-,20?,21?,22-,27-/m0/s1. The number of carbonyl (C=O) groups is 2. The average molecular weight is 575 g/mol. The Morgan fingerprint density at radius 3 is 2.73 bits per heavy atom. The van der Waals surface area contributed by atoms with Crippen molar-refractivity contribution in [3.8, 4) is 10.6 Å². The highest BCUT2D eigenvalue weighted by atomic mass is 32.1. The normalized spacial score (nSPS) is 27.0. The second-order valence-electron chi connectivity index (χ2n) is 10.9. The van der Waals surface area contributed by atoms with Crippen LogP contribution in [0, 0.1) is 31.0 Å². The van der Waals surface area contributed by atoms with Crippen LogP contribution in [0.2, 0.25) is 0 Å². The third-order valence-corrected chi connectivity index (χ3v) is 10.6. The zero-order chi connectivity index (χ0) is 27.5. The van der Waals surface area contributed by atoms with E-state index in [1.165, 1.54) is 11.3 Å². The molecule has 4 aromatic rings. The molecule has 4 aliphatic rings. The maximum atomic E-state index is 13.8. The van der Waals surface area contributed by atoms with Crippen LogP contribution in [0.5, 0.6) is 0 Å². The number of nitrogens with two attached hydrogens (primary N) is 1. The molecule has 0 radical (unpaired) electrons. The van der Waals surface area contributed by atoms with Gasteiger partial charge in [-0.05, 0) is 44.4 Å². The van der Waals surface area contributed by atoms with Crippen LogP contribution in [0.1, 0.15) is 37.8 Å². The topological polar surface area (TPSA) is 130 Å². The molecule has 8 rings (SSSR count). The first-order valence-corrected chi connectivity index (χ1v) is 14.6. The highest BCUT2D eigenvalue weighted by Crippen LogP contribution is 2.80. The molecule has 2 bridgehead atoms. The molecule has 1 spiro atoms. The van der Waals surface area contributed by atoms with E-state index >= 15 is 0 Å². The molecule has 2 aliphatic carbocycles. The Morgan fingerprint density at radius 2 is 2.00 bits per heavy atom. The minimum Gasteiger partial charge on any atom is -0.365 e. The predicted octanol–water partition coefficient (Wildman–Crippen LogP) is 3.76. The van der Waals surface area contributed by atoms with E-state index in [9.17, 15) is 14.0 Å². The molecule has 2 aliphatic heterocycles. The van der Waals surface area contributed by atoms with Crippen molar-refractivity contribution in [3.63, 3.8) is 0 Å². The van der Waals surface area contributed by atoms with Gasteiger partial charge in [-0.2, -0.15) is 0 Å². The number of nitrogens with one attached hydrogen (secondary N) is 1. The average Bonchev–Trinajstić information content (AvgIpc) is 3.21. The molecule has 3 N–H and O–H groups in total. The Balaban J connectivity index is 0.986. The van der Waals surface area contributed by atoms with Gasteiger partial charge in [-0.1, -0.05) is 0 Å². The molecule has 4 fully saturated rings. The van der Waals surface area contributed by atoms with Crippen molar-refractivity contribution in [2.24, 2.45) is 17.1 Å². The fraction of sp³-hybridized carbons (Fsp3) is 0.333. The van der Waals surface area contributed by atoms with E-state index < -0.39 is 11.7 Å². The van der Waals surface area contributed by atoms with E-state index in [0.717, 1.165) is 40.0 Å². The molecular weight excluding hydrogens is 551 g/mol. The number of thiazole rings is 2. The van der Waals surface area contributed by atoms with Crippen molar-refractivity contribution in [2.45, 2.75) is 38.4 Å². The van der Waals surface area contributed by atoms with Crippen LogP contribution in [0.3, 0.4) is 0 Å². The molecule has 4 aromatic heterocycles. The summed E-state index contributed by atoms with van der Waals surface area (Å²) < 4.78 is 13.8. The molecule has 5 atom stereocenters. The quantitative estimate of drug-likeness (QED) is 0.356. The Kier molecular flexibility index (Phi) is 4.80. The number of pyridine rings is 2. The summed E-state index contributed by atoms with van der Waals surface area (Å²) in [5.74, 6) is -0.0728. The van der Waals surface area contributed by atoms with Crippen molar-refractivity contribution in [1.82, 2.24) is 24.8 Å². The van der Waals surface area contributed by atoms with E-state index in [1.807, 2.05) is 24.1 Å². The van der Waals surface area contributed by atoms with Crippen molar-refractivity contribution < 1.29 is 14.0 Å². The predicted molar refractivity (Wildman–Crippen MR) is 148 cm³/mol. The number of aromatic nitrogens is 4. The van der Waals surface area contributed by atoms with Crippen molar-refractivity contribution in [3.05, 3.63) is 63.6 Å². The minimum absolute atomic E-state index is 0.0377.